The molecule has 0 radical (unpaired) electrons. The fourth-order valence-electron chi connectivity index (χ4n) is 7.54. The van der Waals surface area contributed by atoms with Crippen LogP contribution in [0.25, 0.3) is 0 Å². The van der Waals surface area contributed by atoms with Crippen molar-refractivity contribution in [2.75, 3.05) is 29.5 Å². The van der Waals surface area contributed by atoms with Crippen molar-refractivity contribution < 1.29 is 30.5 Å². The maximum atomic E-state index is 11.4. The summed E-state index contributed by atoms with van der Waals surface area (Å²) in [6, 6.07) is 16.3. The van der Waals surface area contributed by atoms with E-state index in [1.54, 1.807) is 0 Å². The van der Waals surface area contributed by atoms with Crippen LogP contribution in [0.15, 0.2) is 82.6 Å². The van der Waals surface area contributed by atoms with E-state index >= 15 is 0 Å². The number of benzene rings is 2. The number of fused-ring (bicyclic) bond motifs is 2. The van der Waals surface area contributed by atoms with E-state index in [2.05, 4.69) is 67.5 Å². The lowest BCUT2D eigenvalue weighted by Crippen LogP contribution is -2.30. The first-order chi connectivity index (χ1) is 22.0. The maximum absolute atomic E-state index is 11.4. The Morgan fingerprint density at radius 1 is 0.894 bits per heavy atom. The number of nitrogens with zero attached hydrogens (tertiary/aromatic N) is 2. The van der Waals surface area contributed by atoms with Crippen molar-refractivity contribution in [1.29, 1.82) is 0 Å². The smallest absolute Gasteiger partial charge is 0.264 e. The summed E-state index contributed by atoms with van der Waals surface area (Å²) in [5.74, 6) is -0.686. The molecule has 0 spiro atoms. The van der Waals surface area contributed by atoms with Crippen LogP contribution in [0.1, 0.15) is 83.8 Å². The predicted molar refractivity (Wildman–Crippen MR) is 188 cm³/mol. The molecule has 0 amide bonds. The van der Waals surface area contributed by atoms with Gasteiger partial charge in [-0.3, -0.25) is 4.55 Å². The fourth-order valence-corrected chi connectivity index (χ4v) is 8.87. The topological polar surface area (TPSA) is 118 Å². The van der Waals surface area contributed by atoms with Crippen LogP contribution in [-0.2, 0) is 31.1 Å². The minimum Gasteiger partial charge on any atom is -0.748 e. The Balaban J connectivity index is 1.42. The molecular formula is C36H45ClN2O6S2. The van der Waals surface area contributed by atoms with Crippen molar-refractivity contribution in [2.24, 2.45) is 0 Å². The van der Waals surface area contributed by atoms with Crippen molar-refractivity contribution >= 4 is 48.9 Å². The number of halogens is 1. The molecule has 0 saturated carbocycles. The molecule has 3 aliphatic rings. The molecule has 2 aromatic rings. The second-order valence-corrected chi connectivity index (χ2v) is 17.3. The lowest BCUT2D eigenvalue weighted by atomic mass is 9.79. The van der Waals surface area contributed by atoms with Gasteiger partial charge in [-0.05, 0) is 69.2 Å². The molecule has 2 heterocycles. The van der Waals surface area contributed by atoms with Crippen molar-refractivity contribution in [1.82, 2.24) is 0 Å². The van der Waals surface area contributed by atoms with Crippen LogP contribution in [0.2, 0.25) is 0 Å². The first kappa shape index (κ1) is 35.5. The van der Waals surface area contributed by atoms with Crippen molar-refractivity contribution in [2.45, 2.75) is 83.5 Å². The average Bonchev–Trinajstić information content (AvgIpc) is 3.33. The number of rotatable bonds is 12. The summed E-state index contributed by atoms with van der Waals surface area (Å²) < 4.78 is 68.5. The van der Waals surface area contributed by atoms with Gasteiger partial charge < -0.3 is 9.45 Å². The third-order valence-electron chi connectivity index (χ3n) is 9.90. The van der Waals surface area contributed by atoms with Crippen molar-refractivity contribution in [3.8, 4) is 0 Å². The Morgan fingerprint density at radius 2 is 1.57 bits per heavy atom. The highest BCUT2D eigenvalue weighted by molar-refractivity contribution is 7.85. The Kier molecular flexibility index (Phi) is 10.3. The van der Waals surface area contributed by atoms with Gasteiger partial charge in [0.05, 0.1) is 21.3 Å². The second kappa shape index (κ2) is 13.6. The predicted octanol–water partition coefficient (Wildman–Crippen LogP) is 7.34. The van der Waals surface area contributed by atoms with Crippen molar-refractivity contribution in [3.05, 3.63) is 93.7 Å². The number of anilines is 1. The quantitative estimate of drug-likeness (QED) is 0.182. The van der Waals surface area contributed by atoms with Gasteiger partial charge in [0.1, 0.15) is 6.54 Å². The van der Waals surface area contributed by atoms with Crippen LogP contribution in [0.4, 0.5) is 11.4 Å². The molecule has 1 aliphatic carbocycles. The van der Waals surface area contributed by atoms with Gasteiger partial charge in [0, 0.05) is 58.6 Å². The van der Waals surface area contributed by atoms with Gasteiger partial charge in [-0.1, -0.05) is 73.5 Å². The number of hydrogen-bond donors (Lipinski definition) is 1. The SMILES string of the molecule is CC1(C)C(CCC2=C(Cl)/C(=C/C=C3/N(CCCS(=O)(=O)O)c4ccccc4C3(C)C)CCC2)=[N+](CCCS(=O)(=O)[O-])c2ccccc21. The molecule has 254 valence electrons. The van der Waals surface area contributed by atoms with Gasteiger partial charge in [0.15, 0.2) is 5.71 Å². The molecule has 0 aromatic heterocycles. The molecular weight excluding hydrogens is 656 g/mol. The third kappa shape index (κ3) is 7.78. The van der Waals surface area contributed by atoms with E-state index in [1.165, 1.54) is 16.8 Å². The molecule has 0 saturated heterocycles. The monoisotopic (exact) mass is 700 g/mol. The fraction of sp³-hybridized carbons (Fsp3) is 0.472. The Hall–Kier alpha value is -2.76. The summed E-state index contributed by atoms with van der Waals surface area (Å²) in [6.07, 6.45) is 9.05. The highest BCUT2D eigenvalue weighted by Gasteiger charge is 2.45. The van der Waals surface area contributed by atoms with Crippen LogP contribution in [-0.4, -0.2) is 60.8 Å². The summed E-state index contributed by atoms with van der Waals surface area (Å²) in [7, 11) is -8.34. The summed E-state index contributed by atoms with van der Waals surface area (Å²) in [5.41, 5.74) is 8.41. The van der Waals surface area contributed by atoms with E-state index in [1.807, 2.05) is 30.3 Å². The summed E-state index contributed by atoms with van der Waals surface area (Å²) in [4.78, 5) is 2.15. The Labute approximate surface area is 285 Å². The molecule has 0 unspecified atom stereocenters. The zero-order valence-corrected chi connectivity index (χ0v) is 30.0. The molecule has 5 rings (SSSR count). The molecule has 47 heavy (non-hydrogen) atoms. The summed E-state index contributed by atoms with van der Waals surface area (Å²) in [5, 5.41) is 0.789. The lowest BCUT2D eigenvalue weighted by Gasteiger charge is -2.27. The van der Waals surface area contributed by atoms with Crippen LogP contribution >= 0.6 is 11.6 Å². The Morgan fingerprint density at radius 3 is 2.28 bits per heavy atom. The second-order valence-electron chi connectivity index (χ2n) is 13.8. The minimum atomic E-state index is -4.29. The molecule has 11 heteroatoms. The normalized spacial score (nSPS) is 20.8. The molecule has 0 atom stereocenters. The zero-order valence-electron chi connectivity index (χ0n) is 27.6. The lowest BCUT2D eigenvalue weighted by molar-refractivity contribution is -0.439. The molecule has 2 aliphatic heterocycles. The van der Waals surface area contributed by atoms with Gasteiger partial charge in [-0.15, -0.1) is 0 Å². The van der Waals surface area contributed by atoms with Crippen molar-refractivity contribution in [3.63, 3.8) is 0 Å². The molecule has 2 aromatic carbocycles. The summed E-state index contributed by atoms with van der Waals surface area (Å²) in [6.45, 7) is 9.64. The van der Waals surface area contributed by atoms with E-state index in [-0.39, 0.29) is 28.8 Å². The molecule has 0 bridgehead atoms. The van der Waals surface area contributed by atoms with E-state index in [0.717, 1.165) is 65.3 Å². The zero-order chi connectivity index (χ0) is 34.2. The first-order valence-corrected chi connectivity index (χ1v) is 19.9. The number of allylic oxidation sites excluding steroid dienone is 6. The van der Waals surface area contributed by atoms with Crippen LogP contribution in [0.3, 0.4) is 0 Å². The van der Waals surface area contributed by atoms with Gasteiger partial charge in [0.25, 0.3) is 10.1 Å². The van der Waals surface area contributed by atoms with E-state index in [9.17, 15) is 25.9 Å². The number of para-hydroxylation sites is 2. The van der Waals surface area contributed by atoms with Gasteiger partial charge in [-0.2, -0.15) is 13.0 Å². The first-order valence-electron chi connectivity index (χ1n) is 16.3. The molecule has 0 fully saturated rings. The standard InChI is InChI=1S/C36H45ClN2O6S2/c1-35(2)28-14-5-7-16-30(28)38(22-10-24-46(40,41)42)32(35)20-18-26-12-9-13-27(34(26)37)19-21-33-36(3,4)29-15-6-8-17-31(29)39(33)23-11-25-47(43,44)45/h5-8,14-18,20H,9-13,19,21-25H2,1-4H3,(H-,40,41,42,43,44,45)/b26-18+,32-20+. The maximum Gasteiger partial charge on any atom is 0.264 e. The highest BCUT2D eigenvalue weighted by atomic mass is 35.5. The van der Waals surface area contributed by atoms with E-state index in [4.69, 9.17) is 11.6 Å². The van der Waals surface area contributed by atoms with E-state index < -0.39 is 20.2 Å². The van der Waals surface area contributed by atoms with Crippen LogP contribution < -0.4 is 4.90 Å². The van der Waals surface area contributed by atoms with Gasteiger partial charge in [0.2, 0.25) is 5.69 Å². The third-order valence-corrected chi connectivity index (χ3v) is 12.0. The van der Waals surface area contributed by atoms with Crippen LogP contribution in [0, 0.1) is 0 Å². The average molecular weight is 701 g/mol. The minimum absolute atomic E-state index is 0.250. The number of hydrogen-bond acceptors (Lipinski definition) is 6. The highest BCUT2D eigenvalue weighted by Crippen LogP contribution is 2.48. The van der Waals surface area contributed by atoms with Crippen LogP contribution in [0.5, 0.6) is 0 Å². The molecule has 8 nitrogen and oxygen atoms in total. The molecule has 1 N–H and O–H groups in total. The Bertz CT molecular complexity index is 1890. The van der Waals surface area contributed by atoms with Gasteiger partial charge >= 0.3 is 0 Å². The summed E-state index contributed by atoms with van der Waals surface area (Å²) >= 11 is 7.13. The largest absolute Gasteiger partial charge is 0.748 e. The van der Waals surface area contributed by atoms with Gasteiger partial charge in [-0.25, -0.2) is 8.42 Å². The van der Waals surface area contributed by atoms with E-state index in [0.29, 0.717) is 19.5 Å².